The third kappa shape index (κ3) is 4.19. The van der Waals surface area contributed by atoms with Crippen LogP contribution < -0.4 is 5.32 Å². The van der Waals surface area contributed by atoms with Crippen molar-refractivity contribution in [3.8, 4) is 6.07 Å². The van der Waals surface area contributed by atoms with Crippen LogP contribution in [-0.2, 0) is 14.3 Å². The van der Waals surface area contributed by atoms with Crippen molar-refractivity contribution < 1.29 is 23.8 Å². The molecule has 0 saturated heterocycles. The predicted molar refractivity (Wildman–Crippen MR) is 58.2 cm³/mol. The summed E-state index contributed by atoms with van der Waals surface area (Å²) in [5, 5.41) is 19.3. The first-order chi connectivity index (χ1) is 8.52. The fourth-order valence-electron chi connectivity index (χ4n) is 1.14. The Balaban J connectivity index is 2.59. The van der Waals surface area contributed by atoms with Crippen LogP contribution in [0.4, 0.5) is 10.1 Å². The molecular weight excluding hydrogens is 243 g/mol. The van der Waals surface area contributed by atoms with Crippen LogP contribution in [0.3, 0.4) is 0 Å². The summed E-state index contributed by atoms with van der Waals surface area (Å²) in [7, 11) is 0. The molecule has 0 aromatic heterocycles. The summed E-state index contributed by atoms with van der Waals surface area (Å²) in [6.07, 6.45) is 0. The van der Waals surface area contributed by atoms with Crippen molar-refractivity contribution in [1.29, 1.82) is 5.26 Å². The number of rotatable bonds is 5. The molecule has 0 fully saturated rings. The molecule has 0 spiro atoms. The molecule has 94 valence electrons. The van der Waals surface area contributed by atoms with Crippen molar-refractivity contribution in [3.05, 3.63) is 29.6 Å². The third-order valence-corrected chi connectivity index (χ3v) is 1.83. The van der Waals surface area contributed by atoms with Gasteiger partial charge in [-0.1, -0.05) is 0 Å². The van der Waals surface area contributed by atoms with Crippen LogP contribution in [0.2, 0.25) is 0 Å². The molecule has 0 atom stereocenters. The molecule has 0 aliphatic carbocycles. The number of carboxylic acid groups (broad SMARTS) is 1. The van der Waals surface area contributed by atoms with E-state index in [1.165, 1.54) is 6.07 Å². The number of ether oxygens (including phenoxy) is 1. The summed E-state index contributed by atoms with van der Waals surface area (Å²) < 4.78 is 17.4. The van der Waals surface area contributed by atoms with E-state index in [2.05, 4.69) is 10.1 Å². The average Bonchev–Trinajstić information content (AvgIpc) is 2.31. The number of hydrogen-bond acceptors (Lipinski definition) is 4. The highest BCUT2D eigenvalue weighted by Gasteiger charge is 2.08. The second-order valence-corrected chi connectivity index (χ2v) is 3.24. The lowest BCUT2D eigenvalue weighted by Gasteiger charge is -2.06. The number of nitrogens with zero attached hydrogens (tertiary/aromatic N) is 1. The van der Waals surface area contributed by atoms with E-state index in [0.29, 0.717) is 0 Å². The number of benzene rings is 1. The molecule has 0 unspecified atom stereocenters. The van der Waals surface area contributed by atoms with Crippen molar-refractivity contribution in [2.24, 2.45) is 0 Å². The van der Waals surface area contributed by atoms with Gasteiger partial charge in [0.2, 0.25) is 5.91 Å². The van der Waals surface area contributed by atoms with Crippen molar-refractivity contribution in [1.82, 2.24) is 0 Å². The molecule has 1 aromatic carbocycles. The largest absolute Gasteiger partial charge is 0.480 e. The molecule has 0 radical (unpaired) electrons. The SMILES string of the molecule is N#Cc1cc(F)ccc1NC(=O)COCC(=O)O. The monoisotopic (exact) mass is 252 g/mol. The molecule has 0 heterocycles. The van der Waals surface area contributed by atoms with E-state index in [4.69, 9.17) is 10.4 Å². The molecular formula is C11H9FN2O4. The Hall–Kier alpha value is -2.46. The highest BCUT2D eigenvalue weighted by Crippen LogP contribution is 2.15. The van der Waals surface area contributed by atoms with Gasteiger partial charge in [-0.25, -0.2) is 9.18 Å². The van der Waals surface area contributed by atoms with Gasteiger partial charge in [-0.2, -0.15) is 5.26 Å². The Bertz CT molecular complexity index is 510. The van der Waals surface area contributed by atoms with E-state index in [0.717, 1.165) is 12.1 Å². The number of nitriles is 1. The molecule has 2 N–H and O–H groups in total. The first-order valence-electron chi connectivity index (χ1n) is 4.82. The third-order valence-electron chi connectivity index (χ3n) is 1.83. The Labute approximate surface area is 102 Å². The van der Waals surface area contributed by atoms with E-state index in [1.807, 2.05) is 0 Å². The summed E-state index contributed by atoms with van der Waals surface area (Å²) in [4.78, 5) is 21.5. The van der Waals surface area contributed by atoms with E-state index >= 15 is 0 Å². The quantitative estimate of drug-likeness (QED) is 0.805. The Morgan fingerprint density at radius 1 is 1.44 bits per heavy atom. The van der Waals surface area contributed by atoms with Crippen molar-refractivity contribution >= 4 is 17.6 Å². The zero-order valence-corrected chi connectivity index (χ0v) is 9.14. The zero-order chi connectivity index (χ0) is 13.5. The number of aliphatic carboxylic acids is 1. The van der Waals surface area contributed by atoms with Crippen LogP contribution in [0.25, 0.3) is 0 Å². The number of halogens is 1. The molecule has 6 nitrogen and oxygen atoms in total. The Morgan fingerprint density at radius 2 is 2.17 bits per heavy atom. The first kappa shape index (κ1) is 13.6. The number of amides is 1. The van der Waals surface area contributed by atoms with E-state index in [-0.39, 0.29) is 11.3 Å². The van der Waals surface area contributed by atoms with Crippen LogP contribution in [-0.4, -0.2) is 30.2 Å². The van der Waals surface area contributed by atoms with Crippen LogP contribution in [0.5, 0.6) is 0 Å². The van der Waals surface area contributed by atoms with E-state index in [9.17, 15) is 14.0 Å². The number of hydrogen-bond donors (Lipinski definition) is 2. The molecule has 7 heteroatoms. The summed E-state index contributed by atoms with van der Waals surface area (Å²) in [5.74, 6) is -2.41. The Kier molecular flexibility index (Phi) is 4.78. The average molecular weight is 252 g/mol. The number of anilines is 1. The summed E-state index contributed by atoms with van der Waals surface area (Å²) >= 11 is 0. The smallest absolute Gasteiger partial charge is 0.329 e. The minimum absolute atomic E-state index is 0.0263. The Morgan fingerprint density at radius 3 is 2.78 bits per heavy atom. The maximum Gasteiger partial charge on any atom is 0.329 e. The lowest BCUT2D eigenvalue weighted by molar-refractivity contribution is -0.143. The van der Waals surface area contributed by atoms with Crippen molar-refractivity contribution in [3.63, 3.8) is 0 Å². The van der Waals surface area contributed by atoms with Gasteiger partial charge in [0.15, 0.2) is 0 Å². The number of carboxylic acids is 1. The normalized spacial score (nSPS) is 9.56. The van der Waals surface area contributed by atoms with Crippen LogP contribution in [0, 0.1) is 17.1 Å². The summed E-state index contributed by atoms with van der Waals surface area (Å²) in [6, 6.07) is 5.04. The molecule has 0 aliphatic rings. The number of carbonyl (C=O) groups is 2. The predicted octanol–water partition coefficient (Wildman–Crippen LogP) is 0.737. The highest BCUT2D eigenvalue weighted by molar-refractivity contribution is 5.93. The second kappa shape index (κ2) is 6.32. The van der Waals surface area contributed by atoms with Crippen LogP contribution in [0.1, 0.15) is 5.56 Å². The van der Waals surface area contributed by atoms with E-state index in [1.54, 1.807) is 6.07 Å². The van der Waals surface area contributed by atoms with Gasteiger partial charge in [0.25, 0.3) is 0 Å². The molecule has 1 rings (SSSR count). The fraction of sp³-hybridized carbons (Fsp3) is 0.182. The van der Waals surface area contributed by atoms with Gasteiger partial charge in [0, 0.05) is 0 Å². The topological polar surface area (TPSA) is 99.4 Å². The van der Waals surface area contributed by atoms with Gasteiger partial charge >= 0.3 is 5.97 Å². The number of nitrogens with one attached hydrogen (secondary N) is 1. The molecule has 0 saturated carbocycles. The fourth-order valence-corrected chi connectivity index (χ4v) is 1.14. The maximum absolute atomic E-state index is 12.8. The van der Waals surface area contributed by atoms with Crippen molar-refractivity contribution in [2.75, 3.05) is 18.5 Å². The molecule has 0 bridgehead atoms. The maximum atomic E-state index is 12.8. The minimum Gasteiger partial charge on any atom is -0.480 e. The second-order valence-electron chi connectivity index (χ2n) is 3.24. The first-order valence-corrected chi connectivity index (χ1v) is 4.82. The van der Waals surface area contributed by atoms with Gasteiger partial charge in [0.05, 0.1) is 11.3 Å². The highest BCUT2D eigenvalue weighted by atomic mass is 19.1. The van der Waals surface area contributed by atoms with Crippen molar-refractivity contribution in [2.45, 2.75) is 0 Å². The summed E-state index contributed by atoms with van der Waals surface area (Å²) in [5.41, 5.74) is 0.115. The lowest BCUT2D eigenvalue weighted by Crippen LogP contribution is -2.21. The van der Waals surface area contributed by atoms with Gasteiger partial charge in [0.1, 0.15) is 25.1 Å². The minimum atomic E-state index is -1.19. The van der Waals surface area contributed by atoms with Gasteiger partial charge in [-0.05, 0) is 18.2 Å². The zero-order valence-electron chi connectivity index (χ0n) is 9.14. The van der Waals surface area contributed by atoms with Gasteiger partial charge < -0.3 is 15.2 Å². The van der Waals surface area contributed by atoms with E-state index < -0.39 is 30.9 Å². The molecule has 0 aliphatic heterocycles. The number of carbonyl (C=O) groups excluding carboxylic acids is 1. The molecule has 18 heavy (non-hydrogen) atoms. The standard InChI is InChI=1S/C11H9FN2O4/c12-8-1-2-9(7(3-8)4-13)14-10(15)5-18-6-11(16)17/h1-3H,5-6H2,(H,14,15)(H,16,17). The van der Waals surface area contributed by atoms with Crippen LogP contribution in [0.15, 0.2) is 18.2 Å². The lowest BCUT2D eigenvalue weighted by atomic mass is 10.2. The van der Waals surface area contributed by atoms with Gasteiger partial charge in [-0.15, -0.1) is 0 Å². The summed E-state index contributed by atoms with van der Waals surface area (Å²) in [6.45, 7) is -1.06. The van der Waals surface area contributed by atoms with Crippen LogP contribution >= 0.6 is 0 Å². The molecule has 1 aromatic rings. The molecule has 1 amide bonds. The van der Waals surface area contributed by atoms with Gasteiger partial charge in [-0.3, -0.25) is 4.79 Å².